The Labute approximate surface area is 79.1 Å². The molecule has 0 unspecified atom stereocenters. The first-order valence-corrected chi connectivity index (χ1v) is 5.24. The first kappa shape index (κ1) is 8.73. The number of nitrogens with zero attached hydrogens (tertiary/aromatic N) is 3. The van der Waals surface area contributed by atoms with Crippen molar-refractivity contribution in [2.24, 2.45) is 5.41 Å². The highest BCUT2D eigenvalue weighted by Gasteiger charge is 2.53. The monoisotopic (exact) mass is 179 g/mol. The van der Waals surface area contributed by atoms with Crippen molar-refractivity contribution in [3.63, 3.8) is 0 Å². The summed E-state index contributed by atoms with van der Waals surface area (Å²) in [6.07, 6.45) is 9.33. The lowest BCUT2D eigenvalue weighted by atomic mass is 9.77. The zero-order chi connectivity index (χ0) is 9.31. The molecule has 3 heteroatoms. The van der Waals surface area contributed by atoms with Crippen LogP contribution in [0.15, 0.2) is 12.4 Å². The Hall–Kier alpha value is -0.860. The van der Waals surface area contributed by atoms with Crippen LogP contribution in [-0.4, -0.2) is 15.0 Å². The van der Waals surface area contributed by atoms with Crippen LogP contribution in [0.3, 0.4) is 0 Å². The van der Waals surface area contributed by atoms with Gasteiger partial charge in [-0.1, -0.05) is 19.1 Å². The molecule has 1 spiro atoms. The van der Waals surface area contributed by atoms with E-state index in [-0.39, 0.29) is 0 Å². The molecule has 2 fully saturated rings. The lowest BCUT2D eigenvalue weighted by Gasteiger charge is -2.35. The van der Waals surface area contributed by atoms with E-state index in [2.05, 4.69) is 10.3 Å². The van der Waals surface area contributed by atoms with Gasteiger partial charge in [-0.25, -0.2) is 4.68 Å². The van der Waals surface area contributed by atoms with Gasteiger partial charge >= 0.3 is 0 Å². The van der Waals surface area contributed by atoms with Crippen molar-refractivity contribution in [2.75, 3.05) is 0 Å². The maximum Gasteiger partial charge on any atom is 0.0693 e. The highest BCUT2D eigenvalue weighted by atomic mass is 15.4. The molecule has 0 atom stereocenters. The second kappa shape index (κ2) is 3.13. The molecule has 13 heavy (non-hydrogen) atoms. The molecule has 0 aromatic carbocycles. The van der Waals surface area contributed by atoms with Crippen LogP contribution < -0.4 is 0 Å². The third kappa shape index (κ3) is 1.47. The molecular weight excluding hydrogens is 162 g/mol. The maximum atomic E-state index is 4.00. The molecule has 0 N–H and O–H groups in total. The van der Waals surface area contributed by atoms with Gasteiger partial charge in [0, 0.05) is 6.20 Å². The highest BCUT2D eigenvalue weighted by Crippen LogP contribution is 2.64. The van der Waals surface area contributed by atoms with Crippen LogP contribution in [0.5, 0.6) is 0 Å². The van der Waals surface area contributed by atoms with Crippen LogP contribution in [0, 0.1) is 5.41 Å². The molecule has 1 aromatic rings. The highest BCUT2D eigenvalue weighted by molar-refractivity contribution is 5.05. The van der Waals surface area contributed by atoms with Crippen LogP contribution >= 0.6 is 0 Å². The molecule has 3 rings (SSSR count). The van der Waals surface area contributed by atoms with Crippen LogP contribution in [-0.2, 0) is 0 Å². The minimum absolute atomic E-state index is 0.667. The van der Waals surface area contributed by atoms with Crippen molar-refractivity contribution < 1.29 is 0 Å². The fourth-order valence-corrected chi connectivity index (χ4v) is 2.12. The molecular formula is C10H17N3. The Morgan fingerprint density at radius 1 is 1.31 bits per heavy atom. The molecule has 0 saturated heterocycles. The van der Waals surface area contributed by atoms with Gasteiger partial charge in [-0.2, -0.15) is 0 Å². The Balaban J connectivity index is 0.000000308. The van der Waals surface area contributed by atoms with Crippen LogP contribution in [0.1, 0.15) is 45.6 Å². The van der Waals surface area contributed by atoms with E-state index in [0.717, 1.165) is 5.41 Å². The van der Waals surface area contributed by atoms with E-state index in [0.29, 0.717) is 6.04 Å². The van der Waals surface area contributed by atoms with Crippen molar-refractivity contribution >= 4 is 0 Å². The Kier molecular flexibility index (Phi) is 2.10. The average molecular weight is 179 g/mol. The summed E-state index contributed by atoms with van der Waals surface area (Å²) in [4.78, 5) is 0. The largest absolute Gasteiger partial charge is 0.249 e. The molecule has 1 heterocycles. The van der Waals surface area contributed by atoms with Crippen molar-refractivity contribution in [3.05, 3.63) is 12.4 Å². The first-order chi connectivity index (χ1) is 6.38. The van der Waals surface area contributed by atoms with E-state index >= 15 is 0 Å². The Morgan fingerprint density at radius 2 is 2.00 bits per heavy atom. The van der Waals surface area contributed by atoms with Gasteiger partial charge in [0.25, 0.3) is 0 Å². The van der Waals surface area contributed by atoms with Gasteiger partial charge in [-0.05, 0) is 31.1 Å². The molecule has 2 aliphatic carbocycles. The maximum absolute atomic E-state index is 4.00. The first-order valence-electron chi connectivity index (χ1n) is 5.24. The molecule has 72 valence electrons. The predicted octanol–water partition coefficient (Wildman–Crippen LogP) is 2.42. The summed E-state index contributed by atoms with van der Waals surface area (Å²) in [6.45, 7) is 4.00. The normalized spacial score (nSPS) is 23.2. The molecule has 2 saturated carbocycles. The van der Waals surface area contributed by atoms with Gasteiger partial charge in [-0.3, -0.25) is 0 Å². The zero-order valence-electron chi connectivity index (χ0n) is 8.40. The quantitative estimate of drug-likeness (QED) is 0.663. The van der Waals surface area contributed by atoms with Crippen molar-refractivity contribution in [1.82, 2.24) is 15.0 Å². The van der Waals surface area contributed by atoms with Gasteiger partial charge in [0.2, 0.25) is 0 Å². The minimum Gasteiger partial charge on any atom is -0.249 e. The topological polar surface area (TPSA) is 30.7 Å². The van der Waals surface area contributed by atoms with E-state index < -0.39 is 0 Å². The molecule has 3 nitrogen and oxygen atoms in total. The lowest BCUT2D eigenvalue weighted by Crippen LogP contribution is -2.28. The van der Waals surface area contributed by atoms with E-state index in [4.69, 9.17) is 0 Å². The lowest BCUT2D eigenvalue weighted by molar-refractivity contribution is 0.159. The second-order valence-electron chi connectivity index (χ2n) is 3.95. The van der Waals surface area contributed by atoms with E-state index in [1.165, 1.54) is 25.7 Å². The Bertz CT molecular complexity index is 254. The smallest absolute Gasteiger partial charge is 0.0693 e. The van der Waals surface area contributed by atoms with E-state index in [1.807, 2.05) is 24.7 Å². The standard InChI is InChI=1S/C8H11N3.C2H6/c1-2-8(1)5-7(6-8)11-4-3-9-10-11;1-2/h3-4,7H,1-2,5-6H2;1-2H3. The minimum atomic E-state index is 0.667. The fourth-order valence-electron chi connectivity index (χ4n) is 2.12. The summed E-state index contributed by atoms with van der Waals surface area (Å²) in [6, 6.07) is 0.667. The summed E-state index contributed by atoms with van der Waals surface area (Å²) in [5, 5.41) is 7.80. The van der Waals surface area contributed by atoms with Gasteiger partial charge in [0.05, 0.1) is 12.2 Å². The summed E-state index contributed by atoms with van der Waals surface area (Å²) < 4.78 is 2.00. The molecule has 0 radical (unpaired) electrons. The predicted molar refractivity (Wildman–Crippen MR) is 51.3 cm³/mol. The van der Waals surface area contributed by atoms with Crippen LogP contribution in [0.25, 0.3) is 0 Å². The third-order valence-electron chi connectivity index (χ3n) is 3.11. The second-order valence-corrected chi connectivity index (χ2v) is 3.95. The third-order valence-corrected chi connectivity index (χ3v) is 3.11. The number of rotatable bonds is 1. The van der Waals surface area contributed by atoms with Gasteiger partial charge in [0.1, 0.15) is 0 Å². The molecule has 0 bridgehead atoms. The summed E-state index contributed by atoms with van der Waals surface area (Å²) >= 11 is 0. The molecule has 2 aliphatic rings. The van der Waals surface area contributed by atoms with Crippen molar-refractivity contribution in [2.45, 2.75) is 45.6 Å². The number of hydrogen-bond acceptors (Lipinski definition) is 2. The average Bonchev–Trinajstić information content (AvgIpc) is 2.76. The van der Waals surface area contributed by atoms with Gasteiger partial charge in [0.15, 0.2) is 0 Å². The van der Waals surface area contributed by atoms with Crippen LogP contribution in [0.2, 0.25) is 0 Å². The summed E-state index contributed by atoms with van der Waals surface area (Å²) in [5.41, 5.74) is 0.774. The number of aromatic nitrogens is 3. The molecule has 0 amide bonds. The van der Waals surface area contributed by atoms with Gasteiger partial charge < -0.3 is 0 Å². The number of hydrogen-bond donors (Lipinski definition) is 0. The molecule has 1 aromatic heterocycles. The SMILES string of the molecule is CC.c1cn(C2CC3(CC3)C2)nn1. The fraction of sp³-hybridized carbons (Fsp3) is 0.800. The van der Waals surface area contributed by atoms with E-state index in [9.17, 15) is 0 Å². The van der Waals surface area contributed by atoms with Gasteiger partial charge in [-0.15, -0.1) is 5.10 Å². The van der Waals surface area contributed by atoms with E-state index in [1.54, 1.807) is 6.20 Å². The zero-order valence-corrected chi connectivity index (χ0v) is 8.40. The van der Waals surface area contributed by atoms with Crippen molar-refractivity contribution in [1.29, 1.82) is 0 Å². The van der Waals surface area contributed by atoms with Crippen molar-refractivity contribution in [3.8, 4) is 0 Å². The summed E-state index contributed by atoms with van der Waals surface area (Å²) in [7, 11) is 0. The summed E-state index contributed by atoms with van der Waals surface area (Å²) in [5.74, 6) is 0. The van der Waals surface area contributed by atoms with Crippen LogP contribution in [0.4, 0.5) is 0 Å². The Morgan fingerprint density at radius 3 is 2.46 bits per heavy atom. The molecule has 0 aliphatic heterocycles.